The maximum absolute atomic E-state index is 12.2. The molecule has 2 aromatic heterocycles. The zero-order valence-electron chi connectivity index (χ0n) is 10.3. The second-order valence-corrected chi connectivity index (χ2v) is 4.76. The molecule has 0 atom stereocenters. The highest BCUT2D eigenvalue weighted by atomic mass is 32.1. The predicted molar refractivity (Wildman–Crippen MR) is 73.0 cm³/mol. The summed E-state index contributed by atoms with van der Waals surface area (Å²) in [5.41, 5.74) is 0.235. The average molecular weight is 278 g/mol. The molecule has 2 heterocycles. The lowest BCUT2D eigenvalue weighted by Crippen LogP contribution is -2.33. The van der Waals surface area contributed by atoms with Crippen LogP contribution in [0.4, 0.5) is 0 Å². The van der Waals surface area contributed by atoms with Crippen molar-refractivity contribution in [3.05, 3.63) is 41.9 Å². The molecule has 0 saturated carbocycles. The van der Waals surface area contributed by atoms with E-state index in [1.807, 2.05) is 17.5 Å². The molecule has 0 saturated heterocycles. The van der Waals surface area contributed by atoms with Gasteiger partial charge in [0.15, 0.2) is 11.5 Å². The van der Waals surface area contributed by atoms with Crippen molar-refractivity contribution < 1.29 is 14.4 Å². The van der Waals surface area contributed by atoms with E-state index >= 15 is 0 Å². The lowest BCUT2D eigenvalue weighted by molar-refractivity contribution is 0.0732. The number of aromatic nitrogens is 1. The van der Waals surface area contributed by atoms with Crippen molar-refractivity contribution in [3.63, 3.8) is 0 Å². The van der Waals surface area contributed by atoms with Crippen molar-refractivity contribution in [2.75, 3.05) is 19.7 Å². The normalized spacial score (nSPS) is 10.4. The van der Waals surface area contributed by atoms with Gasteiger partial charge in [-0.15, -0.1) is 17.9 Å². The van der Waals surface area contributed by atoms with E-state index in [0.29, 0.717) is 12.3 Å². The molecule has 100 valence electrons. The quantitative estimate of drug-likeness (QED) is 0.821. The molecule has 1 N–H and O–H groups in total. The first-order valence-corrected chi connectivity index (χ1v) is 6.66. The Labute approximate surface area is 114 Å². The summed E-state index contributed by atoms with van der Waals surface area (Å²) in [5, 5.41) is 14.7. The SMILES string of the molecule is C=CCN(CCO)C(=O)c1cc(-c2cccs2)on1. The monoisotopic (exact) mass is 278 g/mol. The van der Waals surface area contributed by atoms with Crippen LogP contribution in [0.2, 0.25) is 0 Å². The van der Waals surface area contributed by atoms with Crippen LogP contribution in [0.25, 0.3) is 10.6 Å². The minimum absolute atomic E-state index is 0.102. The van der Waals surface area contributed by atoms with Crippen LogP contribution in [0.15, 0.2) is 40.8 Å². The standard InChI is InChI=1S/C13H14N2O3S/c1-2-5-15(6-7-16)13(17)10-9-11(18-14-10)12-4-3-8-19-12/h2-4,8-9,16H,1,5-7H2. The Hall–Kier alpha value is -1.92. The molecule has 5 nitrogen and oxygen atoms in total. The maximum atomic E-state index is 12.2. The van der Waals surface area contributed by atoms with Gasteiger partial charge in [-0.25, -0.2) is 0 Å². The number of aliphatic hydroxyl groups excluding tert-OH is 1. The highest BCUT2D eigenvalue weighted by molar-refractivity contribution is 7.13. The van der Waals surface area contributed by atoms with Crippen LogP contribution < -0.4 is 0 Å². The number of hydrogen-bond acceptors (Lipinski definition) is 5. The second-order valence-electron chi connectivity index (χ2n) is 3.82. The summed E-state index contributed by atoms with van der Waals surface area (Å²) >= 11 is 1.52. The number of carbonyl (C=O) groups is 1. The van der Waals surface area contributed by atoms with Crippen LogP contribution in [0.1, 0.15) is 10.5 Å². The molecule has 1 amide bonds. The minimum Gasteiger partial charge on any atom is -0.395 e. The largest absolute Gasteiger partial charge is 0.395 e. The van der Waals surface area contributed by atoms with Crippen LogP contribution in [-0.4, -0.2) is 40.8 Å². The molecule has 0 radical (unpaired) electrons. The number of hydrogen-bond donors (Lipinski definition) is 1. The average Bonchev–Trinajstić information content (AvgIpc) is 3.08. The van der Waals surface area contributed by atoms with E-state index in [2.05, 4.69) is 11.7 Å². The van der Waals surface area contributed by atoms with Crippen LogP contribution in [0.3, 0.4) is 0 Å². The van der Waals surface area contributed by atoms with Crippen molar-refractivity contribution in [2.45, 2.75) is 0 Å². The van der Waals surface area contributed by atoms with Gasteiger partial charge in [0.25, 0.3) is 5.91 Å². The Bertz CT molecular complexity index is 548. The van der Waals surface area contributed by atoms with Gasteiger partial charge >= 0.3 is 0 Å². The summed E-state index contributed by atoms with van der Waals surface area (Å²) in [4.78, 5) is 14.5. The summed E-state index contributed by atoms with van der Waals surface area (Å²) in [5.74, 6) is 0.293. The number of amides is 1. The molecule has 0 spiro atoms. The van der Waals surface area contributed by atoms with Crippen molar-refractivity contribution >= 4 is 17.2 Å². The Balaban J connectivity index is 2.17. The van der Waals surface area contributed by atoms with Crippen LogP contribution >= 0.6 is 11.3 Å². The number of aliphatic hydroxyl groups is 1. The van der Waals surface area contributed by atoms with Gasteiger partial charge in [-0.3, -0.25) is 4.79 Å². The first-order chi connectivity index (χ1) is 9.26. The third-order valence-corrected chi connectivity index (χ3v) is 3.38. The number of nitrogens with zero attached hydrogens (tertiary/aromatic N) is 2. The van der Waals surface area contributed by atoms with E-state index in [1.54, 1.807) is 12.1 Å². The molecule has 2 aromatic rings. The fourth-order valence-corrected chi connectivity index (χ4v) is 2.30. The third kappa shape index (κ3) is 3.10. The summed E-state index contributed by atoms with van der Waals surface area (Å²) in [6, 6.07) is 5.41. The molecule has 0 aliphatic carbocycles. The molecular weight excluding hydrogens is 264 g/mol. The lowest BCUT2D eigenvalue weighted by Gasteiger charge is -2.17. The van der Waals surface area contributed by atoms with Gasteiger partial charge in [0.05, 0.1) is 11.5 Å². The van der Waals surface area contributed by atoms with Gasteiger partial charge in [-0.1, -0.05) is 17.3 Å². The van der Waals surface area contributed by atoms with E-state index in [-0.39, 0.29) is 24.8 Å². The maximum Gasteiger partial charge on any atom is 0.276 e. The van der Waals surface area contributed by atoms with Gasteiger partial charge in [-0.2, -0.15) is 0 Å². The summed E-state index contributed by atoms with van der Waals surface area (Å²) in [6.07, 6.45) is 1.60. The fraction of sp³-hybridized carbons (Fsp3) is 0.231. The van der Waals surface area contributed by atoms with Crippen LogP contribution in [0.5, 0.6) is 0 Å². The van der Waals surface area contributed by atoms with Crippen molar-refractivity contribution in [1.29, 1.82) is 0 Å². The van der Waals surface area contributed by atoms with E-state index in [9.17, 15) is 4.79 Å². The van der Waals surface area contributed by atoms with Crippen LogP contribution in [-0.2, 0) is 0 Å². The van der Waals surface area contributed by atoms with Gasteiger partial charge in [0, 0.05) is 19.2 Å². The van der Waals surface area contributed by atoms with Crippen molar-refractivity contribution in [2.24, 2.45) is 0 Å². The van der Waals surface area contributed by atoms with Gasteiger partial charge in [0.1, 0.15) is 0 Å². The first-order valence-electron chi connectivity index (χ1n) is 5.78. The zero-order chi connectivity index (χ0) is 13.7. The Morgan fingerprint density at radius 2 is 2.47 bits per heavy atom. The lowest BCUT2D eigenvalue weighted by atomic mass is 10.3. The Kier molecular flexibility index (Phi) is 4.48. The molecule has 0 aromatic carbocycles. The van der Waals surface area contributed by atoms with Crippen molar-refractivity contribution in [1.82, 2.24) is 10.1 Å². The Morgan fingerprint density at radius 3 is 3.11 bits per heavy atom. The van der Waals surface area contributed by atoms with E-state index in [1.165, 1.54) is 16.2 Å². The van der Waals surface area contributed by atoms with Crippen LogP contribution in [0, 0.1) is 0 Å². The molecule has 0 bridgehead atoms. The third-order valence-electron chi connectivity index (χ3n) is 2.50. The zero-order valence-corrected chi connectivity index (χ0v) is 11.1. The number of carbonyl (C=O) groups excluding carboxylic acids is 1. The van der Waals surface area contributed by atoms with E-state index in [4.69, 9.17) is 9.63 Å². The molecule has 0 aliphatic heterocycles. The summed E-state index contributed by atoms with van der Waals surface area (Å²) in [7, 11) is 0. The molecule has 0 aliphatic rings. The Morgan fingerprint density at radius 1 is 1.63 bits per heavy atom. The van der Waals surface area contributed by atoms with E-state index < -0.39 is 0 Å². The predicted octanol–water partition coefficient (Wildman–Crippen LogP) is 2.02. The van der Waals surface area contributed by atoms with E-state index in [0.717, 1.165) is 4.88 Å². The molecule has 6 heteroatoms. The molecule has 2 rings (SSSR count). The highest BCUT2D eigenvalue weighted by Gasteiger charge is 2.19. The highest BCUT2D eigenvalue weighted by Crippen LogP contribution is 2.25. The molecule has 0 fully saturated rings. The molecule has 0 unspecified atom stereocenters. The second kappa shape index (κ2) is 6.31. The summed E-state index contributed by atoms with van der Waals surface area (Å²) < 4.78 is 5.16. The summed E-state index contributed by atoms with van der Waals surface area (Å²) in [6.45, 7) is 4.09. The minimum atomic E-state index is -0.277. The fourth-order valence-electron chi connectivity index (χ4n) is 1.63. The smallest absolute Gasteiger partial charge is 0.276 e. The van der Waals surface area contributed by atoms with Crippen molar-refractivity contribution in [3.8, 4) is 10.6 Å². The van der Waals surface area contributed by atoms with Gasteiger partial charge in [0.2, 0.25) is 0 Å². The molecular formula is C13H14N2O3S. The topological polar surface area (TPSA) is 66.6 Å². The number of rotatable bonds is 6. The van der Waals surface area contributed by atoms with Gasteiger partial charge < -0.3 is 14.5 Å². The number of thiophene rings is 1. The van der Waals surface area contributed by atoms with Gasteiger partial charge in [-0.05, 0) is 11.4 Å². The molecule has 19 heavy (non-hydrogen) atoms. The first kappa shape index (κ1) is 13.5.